The van der Waals surface area contributed by atoms with Gasteiger partial charge in [-0.15, -0.1) is 0 Å². The molecule has 0 spiro atoms. The van der Waals surface area contributed by atoms with Crippen LogP contribution in [0.2, 0.25) is 0 Å². The molecule has 474 valence electrons. The Bertz CT molecular complexity index is 1550. The number of ether oxygens (including phenoxy) is 3. The molecule has 0 heterocycles. The van der Waals surface area contributed by atoms with E-state index < -0.39 is 12.1 Å². The van der Waals surface area contributed by atoms with Crippen molar-refractivity contribution in [2.75, 3.05) is 13.2 Å². The largest absolute Gasteiger partial charge is 0.462 e. The van der Waals surface area contributed by atoms with Crippen molar-refractivity contribution >= 4 is 17.9 Å². The van der Waals surface area contributed by atoms with Gasteiger partial charge in [0.1, 0.15) is 13.2 Å². The van der Waals surface area contributed by atoms with Crippen LogP contribution in [0.25, 0.3) is 0 Å². The van der Waals surface area contributed by atoms with Gasteiger partial charge >= 0.3 is 17.9 Å². The summed E-state index contributed by atoms with van der Waals surface area (Å²) in [5.74, 6) is -1.04. The van der Waals surface area contributed by atoms with E-state index in [4.69, 9.17) is 14.2 Å². The van der Waals surface area contributed by atoms with Crippen molar-refractivity contribution < 1.29 is 28.6 Å². The molecule has 0 saturated heterocycles. The van der Waals surface area contributed by atoms with E-state index in [-0.39, 0.29) is 31.6 Å². The standard InChI is InChI=1S/C76H134O6/c1-4-7-10-13-16-19-22-25-28-30-31-32-33-34-35-36-37-38-39-40-41-42-43-44-45-46-49-51-54-57-60-63-66-69-75(78)81-72-73(71-80-74(77)68-65-62-59-56-53-50-47-27-24-21-18-15-12-9-6-3)82-76(79)70-67-64-61-58-55-52-48-29-26-23-20-17-14-11-8-5-2/h9,12,18,20-21,23,27,29,47-48,53,56,62,65,73H,4-8,10-11,13-17,19,22,24-26,28,30-46,49-52,54-55,57-61,63-64,66-72H2,1-3H3/b12-9-,21-18-,23-20-,47-27-,48-29-,56-53-,65-62-. The molecule has 0 fully saturated rings. The van der Waals surface area contributed by atoms with Gasteiger partial charge in [-0.05, 0) is 77.0 Å². The first-order valence-corrected chi connectivity index (χ1v) is 35.6. The average Bonchev–Trinajstić information content (AvgIpc) is 3.47. The Morgan fingerprint density at radius 1 is 0.268 bits per heavy atom. The van der Waals surface area contributed by atoms with Gasteiger partial charge in [-0.2, -0.15) is 0 Å². The Balaban J connectivity index is 4.20. The molecule has 0 radical (unpaired) electrons. The van der Waals surface area contributed by atoms with Crippen LogP contribution in [0, 0.1) is 0 Å². The molecule has 82 heavy (non-hydrogen) atoms. The summed E-state index contributed by atoms with van der Waals surface area (Å²) in [7, 11) is 0. The quantitative estimate of drug-likeness (QED) is 0.0261. The lowest BCUT2D eigenvalue weighted by Gasteiger charge is -2.18. The normalized spacial score (nSPS) is 12.6. The van der Waals surface area contributed by atoms with Crippen LogP contribution in [0.4, 0.5) is 0 Å². The Kier molecular flexibility index (Phi) is 67.2. The Labute approximate surface area is 509 Å². The molecular formula is C76H134O6. The van der Waals surface area contributed by atoms with E-state index in [1.807, 2.05) is 6.08 Å². The Morgan fingerprint density at radius 3 is 0.866 bits per heavy atom. The van der Waals surface area contributed by atoms with Crippen molar-refractivity contribution in [2.45, 2.75) is 367 Å². The minimum absolute atomic E-state index is 0.110. The third kappa shape index (κ3) is 67.4. The number of hydrogen-bond donors (Lipinski definition) is 0. The predicted octanol–water partition coefficient (Wildman–Crippen LogP) is 24.6. The monoisotopic (exact) mass is 1140 g/mol. The van der Waals surface area contributed by atoms with Gasteiger partial charge in [0.25, 0.3) is 0 Å². The highest BCUT2D eigenvalue weighted by atomic mass is 16.6. The number of carbonyl (C=O) groups excluding carboxylic acids is 3. The molecule has 0 aliphatic heterocycles. The van der Waals surface area contributed by atoms with Crippen molar-refractivity contribution in [3.05, 3.63) is 85.1 Å². The lowest BCUT2D eigenvalue weighted by molar-refractivity contribution is -0.166. The Hall–Kier alpha value is -3.41. The van der Waals surface area contributed by atoms with Gasteiger partial charge in [-0.25, -0.2) is 0 Å². The second-order valence-electron chi connectivity index (χ2n) is 23.8. The van der Waals surface area contributed by atoms with Crippen LogP contribution >= 0.6 is 0 Å². The minimum Gasteiger partial charge on any atom is -0.462 e. The minimum atomic E-state index is -0.824. The fourth-order valence-electron chi connectivity index (χ4n) is 10.4. The summed E-state index contributed by atoms with van der Waals surface area (Å²) in [5, 5.41) is 0. The van der Waals surface area contributed by atoms with Gasteiger partial charge in [-0.3, -0.25) is 14.4 Å². The number of rotatable bonds is 65. The molecule has 1 unspecified atom stereocenters. The number of hydrogen-bond acceptors (Lipinski definition) is 6. The summed E-state index contributed by atoms with van der Waals surface area (Å²) < 4.78 is 16.8. The van der Waals surface area contributed by atoms with Gasteiger partial charge in [0.15, 0.2) is 6.10 Å². The van der Waals surface area contributed by atoms with Gasteiger partial charge in [0.2, 0.25) is 0 Å². The lowest BCUT2D eigenvalue weighted by atomic mass is 10.0. The smallest absolute Gasteiger partial charge is 0.309 e. The van der Waals surface area contributed by atoms with Crippen LogP contribution in [-0.4, -0.2) is 37.2 Å². The predicted molar refractivity (Wildman–Crippen MR) is 358 cm³/mol. The van der Waals surface area contributed by atoms with Crippen LogP contribution in [0.5, 0.6) is 0 Å². The maximum absolute atomic E-state index is 12.9. The summed E-state index contributed by atoms with van der Waals surface area (Å²) in [4.78, 5) is 38.3. The van der Waals surface area contributed by atoms with Crippen molar-refractivity contribution in [2.24, 2.45) is 0 Å². The molecule has 0 aromatic rings. The zero-order chi connectivity index (χ0) is 59.2. The molecule has 6 nitrogen and oxygen atoms in total. The zero-order valence-corrected chi connectivity index (χ0v) is 54.5. The second kappa shape index (κ2) is 70.1. The summed E-state index contributed by atoms with van der Waals surface area (Å²) >= 11 is 0. The number of esters is 3. The van der Waals surface area contributed by atoms with Crippen LogP contribution in [-0.2, 0) is 28.6 Å². The molecule has 0 aliphatic carbocycles. The van der Waals surface area contributed by atoms with E-state index in [0.29, 0.717) is 12.8 Å². The Morgan fingerprint density at radius 2 is 0.524 bits per heavy atom. The first-order valence-electron chi connectivity index (χ1n) is 35.6. The first-order chi connectivity index (χ1) is 40.5. The highest BCUT2D eigenvalue weighted by molar-refractivity contribution is 5.72. The SMILES string of the molecule is CC/C=C\C/C=C\C/C=C\C/C=C\C/C=C\CC(=O)OCC(COC(=O)CCCCCCCCCCCCCCCCCCCCCCCCCCCCCCCCCCC)OC(=O)CCCCCCC/C=C\C/C=C\CCCCCC. The van der Waals surface area contributed by atoms with E-state index in [9.17, 15) is 14.4 Å². The fourth-order valence-corrected chi connectivity index (χ4v) is 10.4. The van der Waals surface area contributed by atoms with Gasteiger partial charge < -0.3 is 14.2 Å². The van der Waals surface area contributed by atoms with E-state index in [1.165, 1.54) is 225 Å². The summed E-state index contributed by atoms with van der Waals surface area (Å²) in [6.45, 7) is 6.45. The molecule has 0 aliphatic rings. The average molecular weight is 1140 g/mol. The van der Waals surface area contributed by atoms with E-state index in [2.05, 4.69) is 93.7 Å². The van der Waals surface area contributed by atoms with Crippen LogP contribution in [0.15, 0.2) is 85.1 Å². The molecule has 1 atom stereocenters. The topological polar surface area (TPSA) is 78.9 Å². The van der Waals surface area contributed by atoms with Crippen molar-refractivity contribution in [1.82, 2.24) is 0 Å². The zero-order valence-electron chi connectivity index (χ0n) is 54.5. The number of allylic oxidation sites excluding steroid dienone is 13. The molecule has 6 heteroatoms. The molecule has 0 aromatic carbocycles. The maximum atomic E-state index is 12.9. The highest BCUT2D eigenvalue weighted by Crippen LogP contribution is 2.18. The van der Waals surface area contributed by atoms with Crippen LogP contribution in [0.1, 0.15) is 361 Å². The maximum Gasteiger partial charge on any atom is 0.309 e. The number of carbonyl (C=O) groups is 3. The van der Waals surface area contributed by atoms with Crippen molar-refractivity contribution in [1.29, 1.82) is 0 Å². The van der Waals surface area contributed by atoms with Gasteiger partial charge in [-0.1, -0.05) is 350 Å². The van der Waals surface area contributed by atoms with Crippen molar-refractivity contribution in [3.8, 4) is 0 Å². The molecule has 0 amide bonds. The van der Waals surface area contributed by atoms with E-state index >= 15 is 0 Å². The molecular weight excluding hydrogens is 1010 g/mol. The molecule has 0 saturated carbocycles. The second-order valence-corrected chi connectivity index (χ2v) is 23.8. The molecule has 0 bridgehead atoms. The third-order valence-corrected chi connectivity index (χ3v) is 15.7. The summed E-state index contributed by atoms with van der Waals surface area (Å²) in [6, 6.07) is 0. The first kappa shape index (κ1) is 78.6. The fraction of sp³-hybridized carbons (Fsp3) is 0.776. The highest BCUT2D eigenvalue weighted by Gasteiger charge is 2.19. The van der Waals surface area contributed by atoms with E-state index in [1.54, 1.807) is 6.08 Å². The van der Waals surface area contributed by atoms with Crippen LogP contribution < -0.4 is 0 Å². The lowest BCUT2D eigenvalue weighted by Crippen LogP contribution is -2.30. The van der Waals surface area contributed by atoms with Crippen molar-refractivity contribution in [3.63, 3.8) is 0 Å². The molecule has 0 rings (SSSR count). The molecule has 0 aromatic heterocycles. The van der Waals surface area contributed by atoms with Gasteiger partial charge in [0, 0.05) is 12.8 Å². The summed E-state index contributed by atoms with van der Waals surface area (Å²) in [6.07, 6.45) is 93.8. The third-order valence-electron chi connectivity index (χ3n) is 15.7. The number of unbranched alkanes of at least 4 members (excludes halogenated alkanes) is 41. The summed E-state index contributed by atoms with van der Waals surface area (Å²) in [5.41, 5.74) is 0. The van der Waals surface area contributed by atoms with E-state index in [0.717, 1.165) is 96.3 Å². The molecule has 0 N–H and O–H groups in total. The van der Waals surface area contributed by atoms with Gasteiger partial charge in [0.05, 0.1) is 6.42 Å². The van der Waals surface area contributed by atoms with Crippen LogP contribution in [0.3, 0.4) is 0 Å².